The number of esters is 1. The van der Waals surface area contributed by atoms with Crippen LogP contribution in [0, 0.1) is 0 Å². The summed E-state index contributed by atoms with van der Waals surface area (Å²) in [4.78, 5) is 20.7. The van der Waals surface area contributed by atoms with Crippen molar-refractivity contribution in [1.29, 1.82) is 0 Å². The SMILES string of the molecule is C=C(C)C(=O)OC1CCCCC1.C=Cc1ccccc1.CCOC(N)=O. The Labute approximate surface area is 156 Å². The maximum Gasteiger partial charge on any atom is 0.404 e. The molecule has 0 unspecified atom stereocenters. The van der Waals surface area contributed by atoms with Crippen molar-refractivity contribution in [3.63, 3.8) is 0 Å². The van der Waals surface area contributed by atoms with Gasteiger partial charge in [0.1, 0.15) is 6.10 Å². The molecule has 144 valence electrons. The van der Waals surface area contributed by atoms with Gasteiger partial charge in [-0.05, 0) is 45.1 Å². The number of ether oxygens (including phenoxy) is 2. The summed E-state index contributed by atoms with van der Waals surface area (Å²) in [6, 6.07) is 10.0. The number of carbonyl (C=O) groups is 2. The van der Waals surface area contributed by atoms with Crippen LogP contribution >= 0.6 is 0 Å². The second-order valence-electron chi connectivity index (χ2n) is 5.81. The van der Waals surface area contributed by atoms with Gasteiger partial charge in [-0.25, -0.2) is 9.59 Å². The van der Waals surface area contributed by atoms with Gasteiger partial charge in [0.15, 0.2) is 0 Å². The van der Waals surface area contributed by atoms with Crippen molar-refractivity contribution < 1.29 is 19.1 Å². The van der Waals surface area contributed by atoms with E-state index >= 15 is 0 Å². The van der Waals surface area contributed by atoms with Crippen LogP contribution in [-0.4, -0.2) is 24.8 Å². The average molecular weight is 361 g/mol. The smallest absolute Gasteiger partial charge is 0.404 e. The maximum absolute atomic E-state index is 11.1. The molecule has 0 spiro atoms. The largest absolute Gasteiger partial charge is 0.459 e. The van der Waals surface area contributed by atoms with Crippen molar-refractivity contribution in [2.24, 2.45) is 5.73 Å². The van der Waals surface area contributed by atoms with E-state index < -0.39 is 6.09 Å². The number of primary amides is 1. The molecule has 1 aromatic carbocycles. The molecular formula is C21H31NO4. The zero-order chi connectivity index (χ0) is 19.8. The first-order valence-corrected chi connectivity index (χ1v) is 8.86. The van der Waals surface area contributed by atoms with Crippen molar-refractivity contribution in [2.75, 3.05) is 6.61 Å². The molecule has 1 fully saturated rings. The van der Waals surface area contributed by atoms with Gasteiger partial charge in [0.2, 0.25) is 0 Å². The predicted octanol–water partition coefficient (Wildman–Crippen LogP) is 4.87. The van der Waals surface area contributed by atoms with E-state index in [0.717, 1.165) is 12.8 Å². The first kappa shape index (κ1) is 23.4. The highest BCUT2D eigenvalue weighted by molar-refractivity contribution is 5.87. The summed E-state index contributed by atoms with van der Waals surface area (Å²) in [7, 11) is 0. The number of benzene rings is 1. The Morgan fingerprint density at radius 3 is 2.12 bits per heavy atom. The average Bonchev–Trinajstić information content (AvgIpc) is 2.64. The summed E-state index contributed by atoms with van der Waals surface area (Å²) >= 11 is 0. The fraction of sp³-hybridized carbons (Fsp3) is 0.429. The normalized spacial score (nSPS) is 13.0. The first-order valence-electron chi connectivity index (χ1n) is 8.86. The molecule has 0 radical (unpaired) electrons. The number of carbonyl (C=O) groups excluding carboxylic acids is 2. The zero-order valence-electron chi connectivity index (χ0n) is 15.9. The fourth-order valence-electron chi connectivity index (χ4n) is 2.17. The molecule has 1 aliphatic rings. The molecule has 1 amide bonds. The summed E-state index contributed by atoms with van der Waals surface area (Å²) in [5.74, 6) is -0.234. The minimum Gasteiger partial charge on any atom is -0.459 e. The lowest BCUT2D eigenvalue weighted by molar-refractivity contribution is -0.145. The highest BCUT2D eigenvalue weighted by Gasteiger charge is 2.17. The maximum atomic E-state index is 11.1. The van der Waals surface area contributed by atoms with Crippen LogP contribution in [0.3, 0.4) is 0 Å². The van der Waals surface area contributed by atoms with Gasteiger partial charge >= 0.3 is 12.1 Å². The summed E-state index contributed by atoms with van der Waals surface area (Å²) in [6.45, 7) is 10.9. The molecule has 5 nitrogen and oxygen atoms in total. The molecule has 2 N–H and O–H groups in total. The van der Waals surface area contributed by atoms with Crippen molar-refractivity contribution in [3.8, 4) is 0 Å². The van der Waals surface area contributed by atoms with E-state index in [2.05, 4.69) is 23.6 Å². The van der Waals surface area contributed by atoms with Crippen LogP contribution in [0.1, 0.15) is 51.5 Å². The molecule has 26 heavy (non-hydrogen) atoms. The molecule has 0 saturated heterocycles. The lowest BCUT2D eigenvalue weighted by Gasteiger charge is -2.21. The van der Waals surface area contributed by atoms with E-state index in [-0.39, 0.29) is 12.1 Å². The van der Waals surface area contributed by atoms with Crippen molar-refractivity contribution in [2.45, 2.75) is 52.1 Å². The minimum absolute atomic E-state index is 0.156. The summed E-state index contributed by atoms with van der Waals surface area (Å²) < 4.78 is 9.39. The van der Waals surface area contributed by atoms with Gasteiger partial charge in [-0.3, -0.25) is 0 Å². The van der Waals surface area contributed by atoms with E-state index in [1.165, 1.54) is 24.8 Å². The summed E-state index contributed by atoms with van der Waals surface area (Å²) in [5, 5.41) is 0. The zero-order valence-corrected chi connectivity index (χ0v) is 15.9. The molecule has 1 saturated carbocycles. The number of hydrogen-bond acceptors (Lipinski definition) is 4. The lowest BCUT2D eigenvalue weighted by atomic mass is 9.98. The fourth-order valence-corrected chi connectivity index (χ4v) is 2.17. The summed E-state index contributed by atoms with van der Waals surface area (Å²) in [5.41, 5.74) is 6.22. The molecule has 1 aromatic rings. The van der Waals surface area contributed by atoms with Crippen LogP contribution in [0.5, 0.6) is 0 Å². The van der Waals surface area contributed by atoms with E-state index in [1.54, 1.807) is 13.8 Å². The van der Waals surface area contributed by atoms with Gasteiger partial charge in [0.25, 0.3) is 0 Å². The Hall–Kier alpha value is -2.56. The van der Waals surface area contributed by atoms with Crippen LogP contribution in [0.4, 0.5) is 4.79 Å². The molecule has 2 rings (SSSR count). The Balaban J connectivity index is 0.000000388. The molecule has 0 heterocycles. The van der Waals surface area contributed by atoms with Crippen LogP contribution in [-0.2, 0) is 14.3 Å². The third kappa shape index (κ3) is 12.8. The molecule has 0 atom stereocenters. The van der Waals surface area contributed by atoms with Crippen molar-refractivity contribution >= 4 is 18.1 Å². The number of nitrogens with two attached hydrogens (primary N) is 1. The van der Waals surface area contributed by atoms with Gasteiger partial charge in [0, 0.05) is 5.57 Å². The van der Waals surface area contributed by atoms with E-state index in [4.69, 9.17) is 4.74 Å². The number of hydrogen-bond donors (Lipinski definition) is 1. The molecule has 5 heteroatoms. The Morgan fingerprint density at radius 1 is 1.19 bits per heavy atom. The van der Waals surface area contributed by atoms with Crippen molar-refractivity contribution in [1.82, 2.24) is 0 Å². The monoisotopic (exact) mass is 361 g/mol. The Bertz CT molecular complexity index is 548. The quantitative estimate of drug-likeness (QED) is 0.613. The third-order valence-electron chi connectivity index (χ3n) is 3.50. The summed E-state index contributed by atoms with van der Waals surface area (Å²) in [6.07, 6.45) is 6.99. The van der Waals surface area contributed by atoms with Gasteiger partial charge in [-0.2, -0.15) is 0 Å². The topological polar surface area (TPSA) is 78.6 Å². The van der Waals surface area contributed by atoms with Crippen LogP contribution in [0.15, 0.2) is 49.1 Å². The Morgan fingerprint density at radius 2 is 1.77 bits per heavy atom. The lowest BCUT2D eigenvalue weighted by Crippen LogP contribution is -2.20. The third-order valence-corrected chi connectivity index (χ3v) is 3.50. The molecule has 0 bridgehead atoms. The molecule has 0 aliphatic heterocycles. The van der Waals surface area contributed by atoms with E-state index in [0.29, 0.717) is 12.2 Å². The second kappa shape index (κ2) is 14.8. The van der Waals surface area contributed by atoms with E-state index in [9.17, 15) is 9.59 Å². The van der Waals surface area contributed by atoms with Crippen molar-refractivity contribution in [3.05, 3.63) is 54.6 Å². The van der Waals surface area contributed by atoms with Gasteiger partial charge in [0.05, 0.1) is 6.61 Å². The van der Waals surface area contributed by atoms with E-state index in [1.807, 2.05) is 36.4 Å². The van der Waals surface area contributed by atoms with Crippen LogP contribution in [0.25, 0.3) is 6.08 Å². The molecule has 1 aliphatic carbocycles. The second-order valence-corrected chi connectivity index (χ2v) is 5.81. The van der Waals surface area contributed by atoms with Gasteiger partial charge in [-0.15, -0.1) is 0 Å². The predicted molar refractivity (Wildman–Crippen MR) is 106 cm³/mol. The van der Waals surface area contributed by atoms with Crippen LogP contribution < -0.4 is 5.73 Å². The molecule has 0 aromatic heterocycles. The highest BCUT2D eigenvalue weighted by Crippen LogP contribution is 2.20. The van der Waals surface area contributed by atoms with Crippen LogP contribution in [0.2, 0.25) is 0 Å². The molecular weight excluding hydrogens is 330 g/mol. The highest BCUT2D eigenvalue weighted by atomic mass is 16.5. The number of amides is 1. The first-order chi connectivity index (χ1) is 12.4. The van der Waals surface area contributed by atoms with Gasteiger partial charge < -0.3 is 15.2 Å². The number of rotatable bonds is 4. The van der Waals surface area contributed by atoms with Gasteiger partial charge in [-0.1, -0.05) is 56.0 Å². The Kier molecular flexibility index (Phi) is 13.3. The minimum atomic E-state index is -0.711. The standard InChI is InChI=1S/C10H16O2.C8H8.C3H7NO2/c1-8(2)10(11)12-9-6-4-3-5-7-9;1-2-8-6-4-3-5-7-8;1-2-6-3(4)5/h9H,1,3-7H2,2H3;2-7H,1H2;2H2,1H3,(H2,4,5).